The second-order valence-electron chi connectivity index (χ2n) is 11.4. The van der Waals surface area contributed by atoms with Gasteiger partial charge in [-0.1, -0.05) is 13.3 Å². The van der Waals surface area contributed by atoms with Crippen LogP contribution in [0.4, 0.5) is 105 Å². The van der Waals surface area contributed by atoms with Crippen LogP contribution in [0.3, 0.4) is 0 Å². The first kappa shape index (κ1) is 50.3. The Kier molecular flexibility index (Phi) is 14.1. The zero-order valence-electron chi connectivity index (χ0n) is 27.7. The van der Waals surface area contributed by atoms with Crippen LogP contribution < -0.4 is 9.47 Å². The van der Waals surface area contributed by atoms with Crippen molar-refractivity contribution >= 4 is 0 Å². The number of ether oxygens (including phenoxy) is 4. The van der Waals surface area contributed by atoms with Gasteiger partial charge in [0.15, 0.2) is 18.2 Å². The van der Waals surface area contributed by atoms with Gasteiger partial charge in [0.2, 0.25) is 0 Å². The topological polar surface area (TPSA) is 62.7 Å². The van der Waals surface area contributed by atoms with Crippen LogP contribution in [0.5, 0.6) is 11.5 Å². The second kappa shape index (κ2) is 16.3. The lowest BCUT2D eigenvalue weighted by Gasteiger charge is -2.40. The molecule has 0 saturated carbocycles. The zero-order chi connectivity index (χ0) is 45.4. The van der Waals surface area contributed by atoms with E-state index in [1.54, 1.807) is 6.92 Å². The van der Waals surface area contributed by atoms with Gasteiger partial charge in [0, 0.05) is 12.0 Å². The van der Waals surface area contributed by atoms with Gasteiger partial charge >= 0.3 is 66.1 Å². The Morgan fingerprint density at radius 3 is 1.29 bits per heavy atom. The van der Waals surface area contributed by atoms with Crippen molar-refractivity contribution in [2.75, 3.05) is 13.2 Å². The molecule has 6 nitrogen and oxygen atoms in total. The zero-order valence-corrected chi connectivity index (χ0v) is 27.7. The Morgan fingerprint density at radius 1 is 0.500 bits per heavy atom. The molecular weight excluding hydrogens is 884 g/mol. The van der Waals surface area contributed by atoms with Crippen LogP contribution >= 0.6 is 0 Å². The average molecular weight is 904 g/mol. The number of alkyl halides is 24. The third kappa shape index (κ3) is 9.61. The molecule has 30 heteroatoms. The molecule has 0 radical (unpaired) electrons. The number of rotatable bonds is 21. The minimum Gasteiger partial charge on any atom is -0.490 e. The average Bonchev–Trinajstić information content (AvgIpc) is 3.06. The van der Waals surface area contributed by atoms with Crippen molar-refractivity contribution in [3.05, 3.63) is 36.7 Å². The summed E-state index contributed by atoms with van der Waals surface area (Å²) in [6.07, 6.45) is -39.3. The molecule has 1 heterocycles. The van der Waals surface area contributed by atoms with Crippen LogP contribution in [-0.4, -0.2) is 95.5 Å². The summed E-state index contributed by atoms with van der Waals surface area (Å²) in [5, 5.41) is 0. The number of nitrogens with zero attached hydrogens (tertiary/aromatic N) is 2. The summed E-state index contributed by atoms with van der Waals surface area (Å²) >= 11 is 0. The Hall–Kier alpha value is -3.86. The van der Waals surface area contributed by atoms with Crippen molar-refractivity contribution in [3.8, 4) is 22.9 Å². The van der Waals surface area contributed by atoms with Gasteiger partial charge in [0.25, 0.3) is 0 Å². The van der Waals surface area contributed by atoms with E-state index < -0.39 is 84.7 Å². The number of benzene rings is 1. The summed E-state index contributed by atoms with van der Waals surface area (Å²) < 4.78 is 335. The van der Waals surface area contributed by atoms with E-state index in [1.807, 2.05) is 0 Å². The lowest BCUT2D eigenvalue weighted by atomic mass is 10.1. The summed E-state index contributed by atoms with van der Waals surface area (Å²) in [5.74, 6) is -49.7. The SMILES string of the molecule is CCC[C@@H](F)CCOc1cnc(-c2ccc(OCC(F)(F)C(F)(F)C(F)(F)OC(F)(F)C(F)(F)C(F)(F)C(F)(F)OC(F)(F)C(F)(F)C(F)(F)C(F)(F)F)cc2)nc1. The summed E-state index contributed by atoms with van der Waals surface area (Å²) in [6.45, 7) is -1.38. The second-order valence-corrected chi connectivity index (χ2v) is 11.4. The van der Waals surface area contributed by atoms with E-state index in [0.717, 1.165) is 29.3 Å². The third-order valence-corrected chi connectivity index (χ3v) is 7.04. The molecule has 1 atom stereocenters. The van der Waals surface area contributed by atoms with Gasteiger partial charge < -0.3 is 9.47 Å². The van der Waals surface area contributed by atoms with Crippen molar-refractivity contribution in [2.45, 2.75) is 98.5 Å². The standard InChI is InChI=1S/C28H20F24N2O4/c1-2-3-14(29)8-9-55-16-10-53-17(54-11-16)13-4-6-15(7-5-13)56-12-18(30,31)19(32,33)25(45,46)57-27(49,50)22(38,39)23(40,41)28(51,52)58-26(47,48)21(36,37)20(34,35)24(42,43)44/h4-7,10-11,14H,2-3,8-9,12H2,1H3/t14-/m1/s1. The van der Waals surface area contributed by atoms with Crippen LogP contribution in [-0.2, 0) is 9.47 Å². The Bertz CT molecular complexity index is 1650. The fraction of sp³-hybridized carbons (Fsp3) is 0.643. The van der Waals surface area contributed by atoms with Crippen LogP contribution in [0.2, 0.25) is 0 Å². The number of hydrogen-bond donors (Lipinski definition) is 0. The van der Waals surface area contributed by atoms with Crippen LogP contribution in [0.15, 0.2) is 36.7 Å². The first-order valence-electron chi connectivity index (χ1n) is 14.9. The lowest BCUT2D eigenvalue weighted by Crippen LogP contribution is -2.69. The van der Waals surface area contributed by atoms with E-state index in [2.05, 4.69) is 14.7 Å². The van der Waals surface area contributed by atoms with Gasteiger partial charge in [-0.25, -0.2) is 23.8 Å². The molecule has 0 N–H and O–H groups in total. The van der Waals surface area contributed by atoms with Gasteiger partial charge in [0.05, 0.1) is 19.0 Å². The molecule has 0 fully saturated rings. The van der Waals surface area contributed by atoms with E-state index in [1.165, 1.54) is 4.74 Å². The molecule has 2 aromatic rings. The summed E-state index contributed by atoms with van der Waals surface area (Å²) in [4.78, 5) is 7.70. The first-order valence-corrected chi connectivity index (χ1v) is 14.9. The van der Waals surface area contributed by atoms with E-state index in [0.29, 0.717) is 18.6 Å². The molecule has 0 amide bonds. The normalized spacial score (nSPS) is 15.4. The fourth-order valence-electron chi connectivity index (χ4n) is 3.78. The van der Waals surface area contributed by atoms with Crippen molar-refractivity contribution in [3.63, 3.8) is 0 Å². The summed E-state index contributed by atoms with van der Waals surface area (Å²) in [5.41, 5.74) is -0.00435. The minimum absolute atomic E-state index is 0.00435. The monoisotopic (exact) mass is 904 g/mol. The predicted molar refractivity (Wildman–Crippen MR) is 141 cm³/mol. The van der Waals surface area contributed by atoms with E-state index in [9.17, 15) is 105 Å². The van der Waals surface area contributed by atoms with E-state index in [4.69, 9.17) is 4.74 Å². The molecular formula is C28H20F24N2O4. The highest BCUT2D eigenvalue weighted by Gasteiger charge is 2.90. The van der Waals surface area contributed by atoms with Crippen molar-refractivity contribution in [1.82, 2.24) is 9.97 Å². The predicted octanol–water partition coefficient (Wildman–Crippen LogP) is 11.2. The van der Waals surface area contributed by atoms with Crippen molar-refractivity contribution < 1.29 is 124 Å². The van der Waals surface area contributed by atoms with Gasteiger partial charge in [-0.3, -0.25) is 0 Å². The Morgan fingerprint density at radius 2 is 0.897 bits per heavy atom. The van der Waals surface area contributed by atoms with Crippen LogP contribution in [0.25, 0.3) is 11.4 Å². The van der Waals surface area contributed by atoms with Crippen LogP contribution in [0, 0.1) is 0 Å². The fourth-order valence-corrected chi connectivity index (χ4v) is 3.78. The quantitative estimate of drug-likeness (QED) is 0.116. The molecule has 1 aromatic carbocycles. The first-order chi connectivity index (χ1) is 25.8. The maximum atomic E-state index is 14.2. The molecule has 0 spiro atoms. The molecule has 58 heavy (non-hydrogen) atoms. The minimum atomic E-state index is -8.84. The maximum Gasteiger partial charge on any atom is 0.460 e. The Labute approximate surface area is 306 Å². The van der Waals surface area contributed by atoms with Gasteiger partial charge in [0.1, 0.15) is 11.9 Å². The molecule has 0 aliphatic carbocycles. The highest BCUT2D eigenvalue weighted by Crippen LogP contribution is 2.60. The highest BCUT2D eigenvalue weighted by atomic mass is 19.4. The largest absolute Gasteiger partial charge is 0.490 e. The smallest absolute Gasteiger partial charge is 0.460 e. The molecule has 0 aliphatic rings. The molecule has 2 rings (SSSR count). The molecule has 334 valence electrons. The van der Waals surface area contributed by atoms with E-state index >= 15 is 0 Å². The number of halogens is 24. The third-order valence-electron chi connectivity index (χ3n) is 7.04. The maximum absolute atomic E-state index is 14.2. The Balaban J connectivity index is 2.23. The molecule has 0 bridgehead atoms. The van der Waals surface area contributed by atoms with Gasteiger partial charge in [-0.05, 0) is 30.7 Å². The highest BCUT2D eigenvalue weighted by molar-refractivity contribution is 5.56. The molecule has 0 saturated heterocycles. The molecule has 1 aromatic heterocycles. The van der Waals surface area contributed by atoms with Gasteiger partial charge in [-0.2, -0.15) is 101 Å². The molecule has 0 aliphatic heterocycles. The van der Waals surface area contributed by atoms with Crippen molar-refractivity contribution in [1.29, 1.82) is 0 Å². The lowest BCUT2D eigenvalue weighted by molar-refractivity contribution is -0.543. The number of aromatic nitrogens is 2. The summed E-state index contributed by atoms with van der Waals surface area (Å²) in [6, 6.07) is 3.06. The van der Waals surface area contributed by atoms with Gasteiger partial charge in [-0.15, -0.1) is 0 Å². The van der Waals surface area contributed by atoms with Crippen molar-refractivity contribution in [2.24, 2.45) is 0 Å². The molecule has 0 unspecified atom stereocenters. The summed E-state index contributed by atoms with van der Waals surface area (Å²) in [7, 11) is 0. The van der Waals surface area contributed by atoms with E-state index in [-0.39, 0.29) is 36.6 Å². The number of hydrogen-bond acceptors (Lipinski definition) is 6. The van der Waals surface area contributed by atoms with Crippen LogP contribution in [0.1, 0.15) is 26.2 Å².